The first-order chi connectivity index (χ1) is 13.1. The zero-order valence-corrected chi connectivity index (χ0v) is 15.1. The van der Waals surface area contributed by atoms with E-state index >= 15 is 0 Å². The monoisotopic (exact) mass is 365 g/mol. The van der Waals surface area contributed by atoms with Gasteiger partial charge in [0.05, 0.1) is 6.42 Å². The molecule has 0 spiro atoms. The Hall–Kier alpha value is -2.82. The average molecular weight is 365 g/mol. The molecule has 5 nitrogen and oxygen atoms in total. The van der Waals surface area contributed by atoms with Crippen LogP contribution in [0.4, 0.5) is 4.79 Å². The Morgan fingerprint density at radius 2 is 1.63 bits per heavy atom. The molecule has 27 heavy (non-hydrogen) atoms. The van der Waals surface area contributed by atoms with Gasteiger partial charge in [0.1, 0.15) is 6.61 Å². The Kier molecular flexibility index (Phi) is 4.84. The highest BCUT2D eigenvalue weighted by Crippen LogP contribution is 2.44. The Bertz CT molecular complexity index is 817. The summed E-state index contributed by atoms with van der Waals surface area (Å²) in [6.45, 7) is 0.274. The van der Waals surface area contributed by atoms with Crippen LogP contribution in [0.2, 0.25) is 0 Å². The molecule has 2 aromatic carbocycles. The number of benzene rings is 2. The zero-order valence-electron chi connectivity index (χ0n) is 15.1. The smallest absolute Gasteiger partial charge is 0.407 e. The lowest BCUT2D eigenvalue weighted by atomic mass is 9.98. The van der Waals surface area contributed by atoms with Crippen LogP contribution in [0.3, 0.4) is 0 Å². The molecule has 0 bridgehead atoms. The number of nitrogens with one attached hydrogen (secondary N) is 1. The highest BCUT2D eigenvalue weighted by atomic mass is 16.5. The van der Waals surface area contributed by atoms with Crippen molar-refractivity contribution in [2.45, 2.75) is 37.6 Å². The van der Waals surface area contributed by atoms with E-state index in [0.717, 1.165) is 19.3 Å². The van der Waals surface area contributed by atoms with Crippen LogP contribution >= 0.6 is 0 Å². The van der Waals surface area contributed by atoms with Crippen LogP contribution in [0, 0.1) is 5.92 Å². The summed E-state index contributed by atoms with van der Waals surface area (Å²) in [7, 11) is 0. The van der Waals surface area contributed by atoms with E-state index in [0.29, 0.717) is 0 Å². The molecule has 1 fully saturated rings. The molecule has 0 unspecified atom stereocenters. The molecule has 140 valence electrons. The summed E-state index contributed by atoms with van der Waals surface area (Å²) in [5.41, 5.74) is 4.74. The molecule has 0 heterocycles. The third-order valence-corrected chi connectivity index (χ3v) is 5.74. The van der Waals surface area contributed by atoms with Gasteiger partial charge < -0.3 is 15.2 Å². The predicted molar refractivity (Wildman–Crippen MR) is 102 cm³/mol. The van der Waals surface area contributed by atoms with E-state index in [4.69, 9.17) is 9.84 Å². The summed E-state index contributed by atoms with van der Waals surface area (Å²) in [5, 5.41) is 11.9. The standard InChI is InChI=1S/C22H23NO4/c24-21(25)12-14-6-5-11-20(14)23-22(26)27-13-19-17-9-3-1-7-15(17)16-8-2-4-10-18(16)19/h1-4,7-10,14,19-20H,5-6,11-13H2,(H,23,26)(H,24,25)/t14-,20-/m0/s1. The molecule has 1 saturated carbocycles. The molecular formula is C22H23NO4. The Labute approximate surface area is 158 Å². The van der Waals surface area contributed by atoms with E-state index in [1.807, 2.05) is 24.3 Å². The second kappa shape index (κ2) is 7.43. The summed E-state index contributed by atoms with van der Waals surface area (Å²) in [4.78, 5) is 23.3. The number of carbonyl (C=O) groups excluding carboxylic acids is 1. The Morgan fingerprint density at radius 1 is 1.00 bits per heavy atom. The normalized spacial score (nSPS) is 20.7. The van der Waals surface area contributed by atoms with E-state index in [-0.39, 0.29) is 30.9 Å². The van der Waals surface area contributed by atoms with E-state index in [2.05, 4.69) is 29.6 Å². The summed E-state index contributed by atoms with van der Waals surface area (Å²) in [5.74, 6) is -0.800. The van der Waals surface area contributed by atoms with E-state index < -0.39 is 12.1 Å². The SMILES string of the molecule is O=C(O)C[C@@H]1CCC[C@@H]1NC(=O)OCC1c2ccccc2-c2ccccc21. The first-order valence-electron chi connectivity index (χ1n) is 9.47. The van der Waals surface area contributed by atoms with Crippen molar-refractivity contribution in [1.82, 2.24) is 5.32 Å². The summed E-state index contributed by atoms with van der Waals surface area (Å²) in [6, 6.07) is 16.3. The second-order valence-corrected chi connectivity index (χ2v) is 7.37. The predicted octanol–water partition coefficient (Wildman–Crippen LogP) is 4.17. The molecule has 1 amide bonds. The number of rotatable bonds is 5. The van der Waals surface area contributed by atoms with Gasteiger partial charge in [0.15, 0.2) is 0 Å². The lowest BCUT2D eigenvalue weighted by Crippen LogP contribution is -2.38. The summed E-state index contributed by atoms with van der Waals surface area (Å²) < 4.78 is 5.56. The van der Waals surface area contributed by atoms with Crippen molar-refractivity contribution in [3.05, 3.63) is 59.7 Å². The molecule has 4 rings (SSSR count). The number of carboxylic acids is 1. The lowest BCUT2D eigenvalue weighted by molar-refractivity contribution is -0.138. The van der Waals surface area contributed by atoms with Crippen molar-refractivity contribution >= 4 is 12.1 Å². The van der Waals surface area contributed by atoms with Gasteiger partial charge in [-0.1, -0.05) is 55.0 Å². The number of amides is 1. The van der Waals surface area contributed by atoms with Crippen molar-refractivity contribution in [2.75, 3.05) is 6.61 Å². The first kappa shape index (κ1) is 17.6. The number of carboxylic acid groups (broad SMARTS) is 1. The summed E-state index contributed by atoms with van der Waals surface area (Å²) in [6.07, 6.45) is 2.21. The average Bonchev–Trinajstić information content (AvgIpc) is 3.22. The van der Waals surface area contributed by atoms with Crippen LogP contribution in [0.1, 0.15) is 42.7 Å². The minimum absolute atomic E-state index is 0.0111. The topological polar surface area (TPSA) is 75.6 Å². The van der Waals surface area contributed by atoms with Gasteiger partial charge in [0, 0.05) is 12.0 Å². The van der Waals surface area contributed by atoms with E-state index in [9.17, 15) is 9.59 Å². The highest BCUT2D eigenvalue weighted by molar-refractivity contribution is 5.79. The van der Waals surface area contributed by atoms with Gasteiger partial charge in [-0.15, -0.1) is 0 Å². The van der Waals surface area contributed by atoms with Crippen LogP contribution in [0.25, 0.3) is 11.1 Å². The van der Waals surface area contributed by atoms with Crippen LogP contribution in [0.15, 0.2) is 48.5 Å². The maximum Gasteiger partial charge on any atom is 0.407 e. The zero-order chi connectivity index (χ0) is 18.8. The molecular weight excluding hydrogens is 342 g/mol. The van der Waals surface area contributed by atoms with Crippen molar-refractivity contribution in [3.8, 4) is 11.1 Å². The quantitative estimate of drug-likeness (QED) is 0.834. The van der Waals surface area contributed by atoms with E-state index in [1.54, 1.807) is 0 Å². The number of alkyl carbamates (subject to hydrolysis) is 1. The molecule has 0 aromatic heterocycles. The number of carbonyl (C=O) groups is 2. The molecule has 0 saturated heterocycles. The third-order valence-electron chi connectivity index (χ3n) is 5.74. The molecule has 2 aliphatic rings. The van der Waals surface area contributed by atoms with Gasteiger partial charge in [-0.05, 0) is 41.0 Å². The van der Waals surface area contributed by atoms with Gasteiger partial charge in [-0.3, -0.25) is 4.79 Å². The van der Waals surface area contributed by atoms with Crippen molar-refractivity contribution < 1.29 is 19.4 Å². The van der Waals surface area contributed by atoms with E-state index in [1.165, 1.54) is 22.3 Å². The molecule has 0 aliphatic heterocycles. The maximum absolute atomic E-state index is 12.3. The first-order valence-corrected chi connectivity index (χ1v) is 9.47. The molecule has 5 heteroatoms. The van der Waals surface area contributed by atoms with Gasteiger partial charge in [0.2, 0.25) is 0 Å². The number of aliphatic carboxylic acids is 1. The molecule has 2 aromatic rings. The minimum Gasteiger partial charge on any atom is -0.481 e. The highest BCUT2D eigenvalue weighted by Gasteiger charge is 2.32. The van der Waals surface area contributed by atoms with Crippen molar-refractivity contribution in [1.29, 1.82) is 0 Å². The fraction of sp³-hybridized carbons (Fsp3) is 0.364. The third kappa shape index (κ3) is 3.54. The van der Waals surface area contributed by atoms with Crippen LogP contribution in [-0.4, -0.2) is 29.8 Å². The van der Waals surface area contributed by atoms with Gasteiger partial charge in [-0.2, -0.15) is 0 Å². The Morgan fingerprint density at radius 3 is 2.26 bits per heavy atom. The molecule has 2 atom stereocenters. The van der Waals surface area contributed by atoms with Gasteiger partial charge in [-0.25, -0.2) is 4.79 Å². The molecule has 0 radical (unpaired) electrons. The van der Waals surface area contributed by atoms with Crippen LogP contribution in [0.5, 0.6) is 0 Å². The number of ether oxygens (including phenoxy) is 1. The second-order valence-electron chi connectivity index (χ2n) is 7.37. The van der Waals surface area contributed by atoms with Crippen molar-refractivity contribution in [2.24, 2.45) is 5.92 Å². The summed E-state index contributed by atoms with van der Waals surface area (Å²) >= 11 is 0. The molecule has 2 aliphatic carbocycles. The number of fused-ring (bicyclic) bond motifs is 3. The maximum atomic E-state index is 12.3. The Balaban J connectivity index is 1.42. The van der Waals surface area contributed by atoms with Gasteiger partial charge >= 0.3 is 12.1 Å². The van der Waals surface area contributed by atoms with Gasteiger partial charge in [0.25, 0.3) is 0 Å². The number of hydrogen-bond acceptors (Lipinski definition) is 3. The fourth-order valence-electron chi connectivity index (χ4n) is 4.49. The molecule has 2 N–H and O–H groups in total. The van der Waals surface area contributed by atoms with Crippen LogP contribution in [-0.2, 0) is 9.53 Å². The largest absolute Gasteiger partial charge is 0.481 e. The minimum atomic E-state index is -0.818. The fourth-order valence-corrected chi connectivity index (χ4v) is 4.49. The lowest BCUT2D eigenvalue weighted by Gasteiger charge is -2.20. The van der Waals surface area contributed by atoms with Crippen molar-refractivity contribution in [3.63, 3.8) is 0 Å². The number of hydrogen-bond donors (Lipinski definition) is 2. The van der Waals surface area contributed by atoms with Crippen LogP contribution < -0.4 is 5.32 Å².